The molecule has 0 saturated heterocycles. The molecule has 0 unspecified atom stereocenters. The van der Waals surface area contributed by atoms with E-state index in [1.165, 1.54) is 17.0 Å². The summed E-state index contributed by atoms with van der Waals surface area (Å²) in [6.07, 6.45) is 1.24. The van der Waals surface area contributed by atoms with Crippen molar-refractivity contribution >= 4 is 40.2 Å². The highest BCUT2D eigenvalue weighted by Crippen LogP contribution is 2.21. The van der Waals surface area contributed by atoms with Crippen molar-refractivity contribution < 1.29 is 23.1 Å². The molecule has 0 radical (unpaired) electrons. The van der Waals surface area contributed by atoms with E-state index < -0.39 is 24.6 Å². The minimum Gasteiger partial charge on any atom is -0.447 e. The molecule has 10 heteroatoms. The summed E-state index contributed by atoms with van der Waals surface area (Å²) in [5.41, 5.74) is 0.527. The Bertz CT molecular complexity index is 1160. The lowest BCUT2D eigenvalue weighted by Crippen LogP contribution is -2.47. The van der Waals surface area contributed by atoms with Crippen LogP contribution in [-0.2, 0) is 16.0 Å². The number of carbonyl (C=O) groups is 2. The number of ether oxygens (including phenoxy) is 1. The van der Waals surface area contributed by atoms with Crippen LogP contribution in [0.5, 0.6) is 0 Å². The lowest BCUT2D eigenvalue weighted by molar-refractivity contribution is -0.132. The van der Waals surface area contributed by atoms with Gasteiger partial charge in [0.15, 0.2) is 0 Å². The first-order valence-corrected chi connectivity index (χ1v) is 11.5. The van der Waals surface area contributed by atoms with Gasteiger partial charge in [0.25, 0.3) is 0 Å². The van der Waals surface area contributed by atoms with Crippen molar-refractivity contribution in [2.45, 2.75) is 26.3 Å². The van der Waals surface area contributed by atoms with E-state index >= 15 is 0 Å². The van der Waals surface area contributed by atoms with Crippen molar-refractivity contribution in [2.75, 3.05) is 38.7 Å². The molecule has 0 bridgehead atoms. The van der Waals surface area contributed by atoms with E-state index in [2.05, 4.69) is 15.6 Å². The summed E-state index contributed by atoms with van der Waals surface area (Å²) in [6, 6.07) is 13.2. The smallest absolute Gasteiger partial charge is 0.412 e. The number of halogens is 3. The van der Waals surface area contributed by atoms with Crippen LogP contribution in [0.4, 0.5) is 19.4 Å². The van der Waals surface area contributed by atoms with E-state index in [0.29, 0.717) is 11.4 Å². The standard InChI is InChI=1S/C25H27ClF2N4O3.CH4/c1-32(23(33)10-9-17-7-4-8-21(28)24(17)26)20(15-29-12-11-27)16-35-25(34)31-22-13-18-5-2-3-6-19(18)14-30-22;/h2-8,13-14,20,29H,9-12,15-16H2,1H3,(H,30,31,34);1H4/t20-;/m0./s1. The highest BCUT2D eigenvalue weighted by Gasteiger charge is 2.22. The van der Waals surface area contributed by atoms with Crippen LogP contribution < -0.4 is 10.6 Å². The predicted molar refractivity (Wildman–Crippen MR) is 139 cm³/mol. The monoisotopic (exact) mass is 520 g/mol. The Morgan fingerprint density at radius 2 is 1.92 bits per heavy atom. The number of rotatable bonds is 11. The first-order chi connectivity index (χ1) is 16.9. The Balaban J connectivity index is 0.00000456. The molecule has 0 aliphatic carbocycles. The summed E-state index contributed by atoms with van der Waals surface area (Å²) in [5.74, 6) is -0.464. The Hall–Kier alpha value is -3.30. The average Bonchev–Trinajstić information content (AvgIpc) is 2.86. The molecule has 1 heterocycles. The molecule has 2 aromatic carbocycles. The van der Waals surface area contributed by atoms with E-state index in [4.69, 9.17) is 16.3 Å². The molecule has 1 atom stereocenters. The molecule has 194 valence electrons. The van der Waals surface area contributed by atoms with Crippen LogP contribution >= 0.6 is 11.6 Å². The third kappa shape index (κ3) is 8.13. The Kier molecular flexibility index (Phi) is 11.5. The van der Waals surface area contributed by atoms with E-state index in [1.54, 1.807) is 25.4 Å². The molecular weight excluding hydrogens is 490 g/mol. The molecule has 0 aliphatic rings. The second-order valence-electron chi connectivity index (χ2n) is 7.90. The molecular formula is C26H31ClF2N4O3. The van der Waals surface area contributed by atoms with E-state index in [1.807, 2.05) is 24.3 Å². The average molecular weight is 521 g/mol. The zero-order valence-corrected chi connectivity index (χ0v) is 20.0. The maximum atomic E-state index is 13.6. The molecule has 0 spiro atoms. The number of likely N-dealkylation sites (N-methyl/N-ethyl adjacent to an activating group) is 1. The highest BCUT2D eigenvalue weighted by atomic mass is 35.5. The first kappa shape index (κ1) is 28.9. The van der Waals surface area contributed by atoms with Crippen molar-refractivity contribution in [3.63, 3.8) is 0 Å². The van der Waals surface area contributed by atoms with E-state index in [0.717, 1.165) is 10.8 Å². The number of fused-ring (bicyclic) bond motifs is 1. The van der Waals surface area contributed by atoms with Crippen LogP contribution in [0, 0.1) is 5.82 Å². The summed E-state index contributed by atoms with van der Waals surface area (Å²) in [6.45, 7) is -0.377. The fourth-order valence-electron chi connectivity index (χ4n) is 3.47. The molecule has 0 aliphatic heterocycles. The van der Waals surface area contributed by atoms with Crippen molar-refractivity contribution in [1.82, 2.24) is 15.2 Å². The Labute approximate surface area is 214 Å². The van der Waals surface area contributed by atoms with Gasteiger partial charge in [-0.05, 0) is 29.5 Å². The third-order valence-corrected chi connectivity index (χ3v) is 5.92. The van der Waals surface area contributed by atoms with E-state index in [9.17, 15) is 18.4 Å². The highest BCUT2D eigenvalue weighted by molar-refractivity contribution is 6.31. The number of aryl methyl sites for hydroxylation is 1. The number of aromatic nitrogens is 1. The maximum Gasteiger partial charge on any atom is 0.412 e. The van der Waals surface area contributed by atoms with Gasteiger partial charge in [-0.25, -0.2) is 18.6 Å². The second kappa shape index (κ2) is 14.3. The van der Waals surface area contributed by atoms with Gasteiger partial charge in [0, 0.05) is 38.1 Å². The van der Waals surface area contributed by atoms with Gasteiger partial charge in [0.05, 0.1) is 11.1 Å². The van der Waals surface area contributed by atoms with Crippen LogP contribution in [-0.4, -0.2) is 61.3 Å². The van der Waals surface area contributed by atoms with Crippen LogP contribution in [0.25, 0.3) is 10.8 Å². The van der Waals surface area contributed by atoms with Gasteiger partial charge >= 0.3 is 6.09 Å². The van der Waals surface area contributed by atoms with E-state index in [-0.39, 0.29) is 50.9 Å². The molecule has 3 aromatic rings. The van der Waals surface area contributed by atoms with Gasteiger partial charge in [-0.1, -0.05) is 55.4 Å². The van der Waals surface area contributed by atoms with Crippen LogP contribution in [0.2, 0.25) is 5.02 Å². The van der Waals surface area contributed by atoms with Gasteiger partial charge in [-0.15, -0.1) is 0 Å². The number of pyridine rings is 1. The fourth-order valence-corrected chi connectivity index (χ4v) is 3.69. The molecule has 3 rings (SSSR count). The largest absolute Gasteiger partial charge is 0.447 e. The van der Waals surface area contributed by atoms with Crippen molar-refractivity contribution in [3.8, 4) is 0 Å². The summed E-state index contributed by atoms with van der Waals surface area (Å²) in [4.78, 5) is 30.7. The molecule has 0 saturated carbocycles. The first-order valence-electron chi connectivity index (χ1n) is 11.1. The number of benzene rings is 2. The number of nitrogens with zero attached hydrogens (tertiary/aromatic N) is 2. The Morgan fingerprint density at radius 3 is 2.67 bits per heavy atom. The van der Waals surface area contributed by atoms with Crippen LogP contribution in [0.3, 0.4) is 0 Å². The molecule has 2 N–H and O–H groups in total. The number of amides is 2. The van der Waals surface area contributed by atoms with Gasteiger partial charge < -0.3 is 15.0 Å². The topological polar surface area (TPSA) is 83.6 Å². The van der Waals surface area contributed by atoms with Crippen molar-refractivity contribution in [2.24, 2.45) is 0 Å². The third-order valence-electron chi connectivity index (χ3n) is 5.50. The van der Waals surface area contributed by atoms with Gasteiger partial charge in [-0.3, -0.25) is 10.1 Å². The summed E-state index contributed by atoms with van der Waals surface area (Å²) in [5, 5.41) is 7.31. The fraction of sp³-hybridized carbons (Fsp3) is 0.346. The SMILES string of the molecule is C.CN(C(=O)CCc1cccc(F)c1Cl)[C@@H](CNCCF)COC(=O)Nc1cc2ccccc2cn1. The van der Waals surface area contributed by atoms with Crippen molar-refractivity contribution in [3.05, 3.63) is 71.1 Å². The van der Waals surface area contributed by atoms with Gasteiger partial charge in [0.1, 0.15) is 24.9 Å². The molecule has 7 nitrogen and oxygen atoms in total. The van der Waals surface area contributed by atoms with Crippen LogP contribution in [0.15, 0.2) is 54.7 Å². The number of nitrogens with one attached hydrogen (secondary N) is 2. The lowest BCUT2D eigenvalue weighted by atomic mass is 10.1. The molecule has 0 fully saturated rings. The number of hydrogen-bond donors (Lipinski definition) is 2. The van der Waals surface area contributed by atoms with Gasteiger partial charge in [0.2, 0.25) is 5.91 Å². The minimum absolute atomic E-state index is 0. The predicted octanol–water partition coefficient (Wildman–Crippen LogP) is 5.23. The maximum absolute atomic E-state index is 13.6. The second-order valence-corrected chi connectivity index (χ2v) is 8.28. The summed E-state index contributed by atoms with van der Waals surface area (Å²) >= 11 is 5.97. The molecule has 1 aromatic heterocycles. The normalized spacial score (nSPS) is 11.4. The zero-order chi connectivity index (χ0) is 25.2. The zero-order valence-electron chi connectivity index (χ0n) is 19.3. The number of hydrogen-bond acceptors (Lipinski definition) is 5. The quantitative estimate of drug-likeness (QED) is 0.338. The number of carbonyl (C=O) groups excluding carboxylic acids is 2. The van der Waals surface area contributed by atoms with Crippen molar-refractivity contribution in [1.29, 1.82) is 0 Å². The van der Waals surface area contributed by atoms with Crippen LogP contribution in [0.1, 0.15) is 19.4 Å². The number of alkyl halides is 1. The molecule has 2 amide bonds. The van der Waals surface area contributed by atoms with Gasteiger partial charge in [-0.2, -0.15) is 0 Å². The lowest BCUT2D eigenvalue weighted by Gasteiger charge is -2.28. The minimum atomic E-state index is -0.726. The summed E-state index contributed by atoms with van der Waals surface area (Å²) in [7, 11) is 1.57. The molecule has 36 heavy (non-hydrogen) atoms. The Morgan fingerprint density at radius 1 is 1.17 bits per heavy atom. The number of anilines is 1. The summed E-state index contributed by atoms with van der Waals surface area (Å²) < 4.78 is 31.5.